The first kappa shape index (κ1) is 16.4. The zero-order valence-electron chi connectivity index (χ0n) is 12.1. The zero-order valence-corrected chi connectivity index (χ0v) is 13.0. The highest BCUT2D eigenvalue weighted by atomic mass is 32.2. The molecule has 5 nitrogen and oxygen atoms in total. The van der Waals surface area contributed by atoms with E-state index in [9.17, 15) is 13.2 Å². The minimum absolute atomic E-state index is 0.0303. The van der Waals surface area contributed by atoms with Gasteiger partial charge in [-0.15, -0.1) is 0 Å². The zero-order chi connectivity index (χ0) is 14.5. The molecule has 0 unspecified atom stereocenters. The molecule has 0 aliphatic carbocycles. The molecule has 1 fully saturated rings. The summed E-state index contributed by atoms with van der Waals surface area (Å²) in [6.07, 6.45) is 3.34. The van der Waals surface area contributed by atoms with E-state index in [2.05, 4.69) is 18.6 Å². The summed E-state index contributed by atoms with van der Waals surface area (Å²) >= 11 is 0. The maximum absolute atomic E-state index is 12.2. The van der Waals surface area contributed by atoms with Crippen molar-refractivity contribution >= 4 is 16.0 Å². The van der Waals surface area contributed by atoms with Crippen LogP contribution in [0.2, 0.25) is 0 Å². The first-order chi connectivity index (χ1) is 8.77. The van der Waals surface area contributed by atoms with Gasteiger partial charge in [0.05, 0.1) is 12.9 Å². The summed E-state index contributed by atoms with van der Waals surface area (Å²) in [6.45, 7) is 5.55. The number of esters is 1. The molecule has 1 rings (SSSR count). The fourth-order valence-corrected chi connectivity index (χ4v) is 3.85. The van der Waals surface area contributed by atoms with Crippen molar-refractivity contribution in [3.63, 3.8) is 0 Å². The smallest absolute Gasteiger partial charge is 0.305 e. The van der Waals surface area contributed by atoms with Gasteiger partial charge < -0.3 is 4.74 Å². The van der Waals surface area contributed by atoms with E-state index in [4.69, 9.17) is 0 Å². The summed E-state index contributed by atoms with van der Waals surface area (Å²) < 4.78 is 30.5. The van der Waals surface area contributed by atoms with Gasteiger partial charge in [-0.2, -0.15) is 0 Å². The van der Waals surface area contributed by atoms with E-state index < -0.39 is 10.0 Å². The van der Waals surface area contributed by atoms with Crippen LogP contribution in [0.4, 0.5) is 0 Å². The van der Waals surface area contributed by atoms with E-state index in [0.717, 1.165) is 19.3 Å². The van der Waals surface area contributed by atoms with E-state index in [-0.39, 0.29) is 23.6 Å². The van der Waals surface area contributed by atoms with E-state index in [1.165, 1.54) is 7.11 Å². The minimum Gasteiger partial charge on any atom is -0.469 e. The minimum atomic E-state index is -3.24. The number of carbonyl (C=O) groups excluding carboxylic acids is 1. The van der Waals surface area contributed by atoms with Gasteiger partial charge in [-0.3, -0.25) is 4.79 Å². The molecule has 1 aliphatic rings. The summed E-state index contributed by atoms with van der Waals surface area (Å²) in [5.74, 6) is -0.324. The lowest BCUT2D eigenvalue weighted by atomic mass is 9.85. The van der Waals surface area contributed by atoms with Crippen molar-refractivity contribution in [2.24, 2.45) is 5.41 Å². The summed E-state index contributed by atoms with van der Waals surface area (Å²) in [5.41, 5.74) is 0.219. The van der Waals surface area contributed by atoms with Gasteiger partial charge in [-0.25, -0.2) is 12.7 Å². The second kappa shape index (κ2) is 6.70. The van der Waals surface area contributed by atoms with Crippen LogP contribution < -0.4 is 0 Å². The maximum atomic E-state index is 12.2. The molecule has 0 atom stereocenters. The molecular formula is C13H25NO4S. The van der Waals surface area contributed by atoms with Crippen LogP contribution in [0.5, 0.6) is 0 Å². The number of rotatable bonds is 5. The van der Waals surface area contributed by atoms with Crippen LogP contribution in [0.1, 0.15) is 46.0 Å². The van der Waals surface area contributed by atoms with E-state index >= 15 is 0 Å². The molecule has 0 aromatic carbocycles. The van der Waals surface area contributed by atoms with Gasteiger partial charge in [0.1, 0.15) is 0 Å². The number of nitrogens with zero attached hydrogens (tertiary/aromatic N) is 1. The van der Waals surface area contributed by atoms with Crippen LogP contribution >= 0.6 is 0 Å². The van der Waals surface area contributed by atoms with Crippen molar-refractivity contribution < 1.29 is 17.9 Å². The first-order valence-electron chi connectivity index (χ1n) is 6.81. The second-order valence-corrected chi connectivity index (χ2v) is 8.00. The number of hydrogen-bond acceptors (Lipinski definition) is 4. The van der Waals surface area contributed by atoms with E-state index in [1.807, 2.05) is 0 Å². The molecular weight excluding hydrogens is 266 g/mol. The molecule has 1 heterocycles. The third-order valence-electron chi connectivity index (χ3n) is 3.70. The average Bonchev–Trinajstić information content (AvgIpc) is 2.50. The number of sulfonamides is 1. The fraction of sp³-hybridized carbons (Fsp3) is 0.923. The van der Waals surface area contributed by atoms with Gasteiger partial charge in [0, 0.05) is 19.5 Å². The number of ether oxygens (including phenoxy) is 1. The van der Waals surface area contributed by atoms with E-state index in [0.29, 0.717) is 19.5 Å². The van der Waals surface area contributed by atoms with E-state index in [1.54, 1.807) is 4.31 Å². The molecule has 19 heavy (non-hydrogen) atoms. The Hall–Kier alpha value is -0.620. The topological polar surface area (TPSA) is 63.7 Å². The Kier molecular flexibility index (Phi) is 5.80. The standard InChI is InChI=1S/C13H25NO4S/c1-13(2)7-5-9-14(10-8-13)19(16,17)11-4-6-12(15)18-3/h4-11H2,1-3H3. The molecule has 0 amide bonds. The maximum Gasteiger partial charge on any atom is 0.305 e. The van der Waals surface area contributed by atoms with Gasteiger partial charge in [-0.05, 0) is 31.1 Å². The fourth-order valence-electron chi connectivity index (χ4n) is 2.31. The Morgan fingerprint density at radius 1 is 1.26 bits per heavy atom. The average molecular weight is 291 g/mol. The summed E-state index contributed by atoms with van der Waals surface area (Å²) in [5, 5.41) is 0. The Bertz CT molecular complexity index is 403. The van der Waals surface area contributed by atoms with Gasteiger partial charge in [0.15, 0.2) is 0 Å². The van der Waals surface area contributed by atoms with Crippen LogP contribution in [-0.4, -0.2) is 44.6 Å². The normalized spacial score (nSPS) is 20.8. The van der Waals surface area contributed by atoms with Crippen molar-refractivity contribution in [3.8, 4) is 0 Å². The molecule has 0 saturated carbocycles. The van der Waals surface area contributed by atoms with Crippen molar-refractivity contribution in [1.82, 2.24) is 4.31 Å². The number of hydrogen-bond donors (Lipinski definition) is 0. The predicted octanol–water partition coefficient (Wildman–Crippen LogP) is 1.78. The van der Waals surface area contributed by atoms with Crippen molar-refractivity contribution in [3.05, 3.63) is 0 Å². The highest BCUT2D eigenvalue weighted by Gasteiger charge is 2.29. The molecule has 0 spiro atoms. The van der Waals surface area contributed by atoms with Crippen molar-refractivity contribution in [2.45, 2.75) is 46.0 Å². The quantitative estimate of drug-likeness (QED) is 0.724. The van der Waals surface area contributed by atoms with Crippen molar-refractivity contribution in [1.29, 1.82) is 0 Å². The van der Waals surface area contributed by atoms with Crippen LogP contribution in [-0.2, 0) is 19.6 Å². The monoisotopic (exact) mass is 291 g/mol. The molecule has 0 aromatic rings. The van der Waals surface area contributed by atoms with Crippen LogP contribution in [0, 0.1) is 5.41 Å². The summed E-state index contributed by atoms with van der Waals surface area (Å²) in [7, 11) is -1.92. The number of methoxy groups -OCH3 is 1. The molecule has 0 aromatic heterocycles. The van der Waals surface area contributed by atoms with Gasteiger partial charge >= 0.3 is 5.97 Å². The summed E-state index contributed by atoms with van der Waals surface area (Å²) in [4.78, 5) is 11.0. The van der Waals surface area contributed by atoms with Crippen LogP contribution in [0.25, 0.3) is 0 Å². The Labute approximate surface area is 116 Å². The van der Waals surface area contributed by atoms with Gasteiger partial charge in [0.25, 0.3) is 0 Å². The third-order valence-corrected chi connectivity index (χ3v) is 5.66. The van der Waals surface area contributed by atoms with Crippen LogP contribution in [0.15, 0.2) is 0 Å². The lowest BCUT2D eigenvalue weighted by molar-refractivity contribution is -0.140. The Morgan fingerprint density at radius 3 is 2.58 bits per heavy atom. The SMILES string of the molecule is COC(=O)CCCS(=O)(=O)N1CCCC(C)(C)CC1. The molecule has 0 N–H and O–H groups in total. The van der Waals surface area contributed by atoms with Gasteiger partial charge in [0.2, 0.25) is 10.0 Å². The lowest BCUT2D eigenvalue weighted by Gasteiger charge is -2.23. The Balaban J connectivity index is 2.50. The Morgan fingerprint density at radius 2 is 1.95 bits per heavy atom. The van der Waals surface area contributed by atoms with Gasteiger partial charge in [-0.1, -0.05) is 13.8 Å². The molecule has 0 radical (unpaired) electrons. The lowest BCUT2D eigenvalue weighted by Crippen LogP contribution is -2.34. The molecule has 1 saturated heterocycles. The molecule has 0 bridgehead atoms. The largest absolute Gasteiger partial charge is 0.469 e. The first-order valence-corrected chi connectivity index (χ1v) is 8.42. The third kappa shape index (κ3) is 5.48. The van der Waals surface area contributed by atoms with Crippen molar-refractivity contribution in [2.75, 3.05) is 26.0 Å². The molecule has 112 valence electrons. The highest BCUT2D eigenvalue weighted by molar-refractivity contribution is 7.89. The molecule has 6 heteroatoms. The molecule has 1 aliphatic heterocycles. The second-order valence-electron chi connectivity index (χ2n) is 5.91. The van der Waals surface area contributed by atoms with Crippen LogP contribution in [0.3, 0.4) is 0 Å². The summed E-state index contributed by atoms with van der Waals surface area (Å²) in [6, 6.07) is 0. The number of carbonyl (C=O) groups is 1. The predicted molar refractivity (Wildman–Crippen MR) is 74.2 cm³/mol. The highest BCUT2D eigenvalue weighted by Crippen LogP contribution is 2.30.